The lowest BCUT2D eigenvalue weighted by molar-refractivity contribution is 0.626. The highest BCUT2D eigenvalue weighted by Gasteiger charge is 2.11. The Hall–Kier alpha value is -1.84. The van der Waals surface area contributed by atoms with E-state index in [1.807, 2.05) is 6.92 Å². The second kappa shape index (κ2) is 6.92. The molecule has 0 atom stereocenters. The molecule has 4 heteroatoms. The van der Waals surface area contributed by atoms with Crippen molar-refractivity contribution in [3.63, 3.8) is 0 Å². The Bertz CT molecular complexity index is 443. The quantitative estimate of drug-likeness (QED) is 0.496. The molecule has 3 nitrogen and oxygen atoms in total. The van der Waals surface area contributed by atoms with Gasteiger partial charge in [0, 0.05) is 12.6 Å². The average molecular weight is 261 g/mol. The van der Waals surface area contributed by atoms with Crippen molar-refractivity contribution in [1.82, 2.24) is 10.6 Å². The Labute approximate surface area is 113 Å². The van der Waals surface area contributed by atoms with Gasteiger partial charge in [-0.1, -0.05) is 24.3 Å². The monoisotopic (exact) mass is 261 g/mol. The highest BCUT2D eigenvalue weighted by molar-refractivity contribution is 5.80. The SMILES string of the molecule is CCNC(=NCc1ccc(F)cc1)NC1CC=CC1. The predicted molar refractivity (Wildman–Crippen MR) is 76.5 cm³/mol. The molecule has 2 N–H and O–H groups in total. The Kier molecular flexibility index (Phi) is 4.95. The molecule has 0 bridgehead atoms. The van der Waals surface area contributed by atoms with Gasteiger partial charge in [0.2, 0.25) is 0 Å². The maximum Gasteiger partial charge on any atom is 0.191 e. The summed E-state index contributed by atoms with van der Waals surface area (Å²) >= 11 is 0. The van der Waals surface area contributed by atoms with Gasteiger partial charge in [0.05, 0.1) is 6.54 Å². The molecule has 0 spiro atoms. The fourth-order valence-electron chi connectivity index (χ4n) is 2.01. The van der Waals surface area contributed by atoms with Crippen molar-refractivity contribution < 1.29 is 4.39 Å². The summed E-state index contributed by atoms with van der Waals surface area (Å²) in [5.74, 6) is 0.607. The first-order chi connectivity index (χ1) is 9.28. The third kappa shape index (κ3) is 4.39. The Morgan fingerprint density at radius 3 is 2.58 bits per heavy atom. The van der Waals surface area contributed by atoms with Crippen LogP contribution in [0, 0.1) is 5.82 Å². The van der Waals surface area contributed by atoms with Crippen LogP contribution in [0.3, 0.4) is 0 Å². The fraction of sp³-hybridized carbons (Fsp3) is 0.400. The van der Waals surface area contributed by atoms with Crippen LogP contribution >= 0.6 is 0 Å². The van der Waals surface area contributed by atoms with E-state index in [4.69, 9.17) is 0 Å². The van der Waals surface area contributed by atoms with Crippen molar-refractivity contribution in [2.75, 3.05) is 6.54 Å². The molecule has 0 fully saturated rings. The number of nitrogens with one attached hydrogen (secondary N) is 2. The van der Waals surface area contributed by atoms with E-state index in [9.17, 15) is 4.39 Å². The highest BCUT2D eigenvalue weighted by Crippen LogP contribution is 2.09. The van der Waals surface area contributed by atoms with Crippen LogP contribution in [0.15, 0.2) is 41.4 Å². The van der Waals surface area contributed by atoms with Crippen LogP contribution in [0.25, 0.3) is 0 Å². The topological polar surface area (TPSA) is 36.4 Å². The Morgan fingerprint density at radius 1 is 1.26 bits per heavy atom. The molecule has 1 aliphatic rings. The fourth-order valence-corrected chi connectivity index (χ4v) is 2.01. The van der Waals surface area contributed by atoms with Gasteiger partial charge in [-0.25, -0.2) is 9.38 Å². The molecule has 1 aromatic carbocycles. The van der Waals surface area contributed by atoms with E-state index in [1.54, 1.807) is 12.1 Å². The lowest BCUT2D eigenvalue weighted by atomic mass is 10.2. The summed E-state index contributed by atoms with van der Waals surface area (Å²) in [5, 5.41) is 6.63. The van der Waals surface area contributed by atoms with Gasteiger partial charge in [-0.15, -0.1) is 0 Å². The van der Waals surface area contributed by atoms with E-state index in [0.717, 1.165) is 30.9 Å². The smallest absolute Gasteiger partial charge is 0.191 e. The van der Waals surface area contributed by atoms with E-state index >= 15 is 0 Å². The first-order valence-corrected chi connectivity index (χ1v) is 6.72. The summed E-state index contributed by atoms with van der Waals surface area (Å²) in [5.41, 5.74) is 1.00. The van der Waals surface area contributed by atoms with Crippen molar-refractivity contribution in [3.05, 3.63) is 47.8 Å². The zero-order valence-corrected chi connectivity index (χ0v) is 11.2. The molecule has 0 aliphatic heterocycles. The van der Waals surface area contributed by atoms with Crippen molar-refractivity contribution in [2.24, 2.45) is 4.99 Å². The van der Waals surface area contributed by atoms with Gasteiger partial charge in [-0.3, -0.25) is 0 Å². The molecular weight excluding hydrogens is 241 g/mol. The summed E-state index contributed by atoms with van der Waals surface area (Å²) in [6.07, 6.45) is 6.45. The van der Waals surface area contributed by atoms with Crippen molar-refractivity contribution in [2.45, 2.75) is 32.4 Å². The van der Waals surface area contributed by atoms with E-state index in [1.165, 1.54) is 12.1 Å². The zero-order valence-electron chi connectivity index (χ0n) is 11.2. The predicted octanol–water partition coefficient (Wildman–Crippen LogP) is 2.60. The number of rotatable bonds is 4. The maximum absolute atomic E-state index is 12.8. The number of nitrogens with zero attached hydrogens (tertiary/aromatic N) is 1. The minimum absolute atomic E-state index is 0.213. The van der Waals surface area contributed by atoms with Crippen LogP contribution in [-0.4, -0.2) is 18.5 Å². The minimum Gasteiger partial charge on any atom is -0.357 e. The first kappa shape index (κ1) is 13.6. The van der Waals surface area contributed by atoms with Crippen LogP contribution in [0.2, 0.25) is 0 Å². The summed E-state index contributed by atoms with van der Waals surface area (Å²) in [6.45, 7) is 3.42. The van der Waals surface area contributed by atoms with Crippen LogP contribution in [0.4, 0.5) is 4.39 Å². The van der Waals surface area contributed by atoms with Crippen molar-refractivity contribution in [1.29, 1.82) is 0 Å². The minimum atomic E-state index is -0.213. The molecule has 19 heavy (non-hydrogen) atoms. The van der Waals surface area contributed by atoms with Gasteiger partial charge in [0.15, 0.2) is 5.96 Å². The zero-order chi connectivity index (χ0) is 13.5. The molecule has 1 aliphatic carbocycles. The third-order valence-electron chi connectivity index (χ3n) is 3.03. The van der Waals surface area contributed by atoms with Gasteiger partial charge >= 0.3 is 0 Å². The van der Waals surface area contributed by atoms with Crippen molar-refractivity contribution in [3.8, 4) is 0 Å². The number of halogens is 1. The number of guanidine groups is 1. The molecule has 0 unspecified atom stereocenters. The standard InChI is InChI=1S/C15H20FN3/c1-2-17-15(19-14-5-3-4-6-14)18-11-12-7-9-13(16)10-8-12/h3-4,7-10,14H,2,5-6,11H2,1H3,(H2,17,18,19). The van der Waals surface area contributed by atoms with Gasteiger partial charge in [-0.05, 0) is 37.5 Å². The summed E-state index contributed by atoms with van der Waals surface area (Å²) in [4.78, 5) is 4.52. The van der Waals surface area contributed by atoms with E-state index < -0.39 is 0 Å². The summed E-state index contributed by atoms with van der Waals surface area (Å²) in [7, 11) is 0. The Morgan fingerprint density at radius 2 is 1.95 bits per heavy atom. The van der Waals surface area contributed by atoms with Crippen LogP contribution in [0.1, 0.15) is 25.3 Å². The van der Waals surface area contributed by atoms with Gasteiger partial charge < -0.3 is 10.6 Å². The van der Waals surface area contributed by atoms with E-state index in [-0.39, 0.29) is 5.82 Å². The van der Waals surface area contributed by atoms with Gasteiger partial charge in [0.1, 0.15) is 5.82 Å². The second-order valence-electron chi connectivity index (χ2n) is 4.61. The number of benzene rings is 1. The molecule has 0 saturated heterocycles. The average Bonchev–Trinajstić information content (AvgIpc) is 2.91. The number of aliphatic imine (C=N–C) groups is 1. The third-order valence-corrected chi connectivity index (χ3v) is 3.03. The molecule has 0 radical (unpaired) electrons. The Balaban J connectivity index is 1.93. The second-order valence-corrected chi connectivity index (χ2v) is 4.61. The molecule has 0 heterocycles. The number of hydrogen-bond acceptors (Lipinski definition) is 1. The van der Waals surface area contributed by atoms with E-state index in [0.29, 0.717) is 12.6 Å². The normalized spacial score (nSPS) is 15.8. The molecule has 102 valence electrons. The molecular formula is C15H20FN3. The summed E-state index contributed by atoms with van der Waals surface area (Å²) in [6, 6.07) is 6.89. The van der Waals surface area contributed by atoms with Gasteiger partial charge in [-0.2, -0.15) is 0 Å². The lowest BCUT2D eigenvalue weighted by Crippen LogP contribution is -2.42. The van der Waals surface area contributed by atoms with Crippen LogP contribution in [0.5, 0.6) is 0 Å². The summed E-state index contributed by atoms with van der Waals surface area (Å²) < 4.78 is 12.8. The molecule has 2 rings (SSSR count). The number of hydrogen-bond donors (Lipinski definition) is 2. The van der Waals surface area contributed by atoms with Crippen molar-refractivity contribution >= 4 is 5.96 Å². The molecule has 0 aromatic heterocycles. The van der Waals surface area contributed by atoms with Gasteiger partial charge in [0.25, 0.3) is 0 Å². The first-order valence-electron chi connectivity index (χ1n) is 6.72. The largest absolute Gasteiger partial charge is 0.357 e. The van der Waals surface area contributed by atoms with E-state index in [2.05, 4.69) is 27.8 Å². The molecule has 0 amide bonds. The molecule has 1 aromatic rings. The maximum atomic E-state index is 12.8. The lowest BCUT2D eigenvalue weighted by Gasteiger charge is -2.16. The highest BCUT2D eigenvalue weighted by atomic mass is 19.1. The van der Waals surface area contributed by atoms with Crippen LogP contribution < -0.4 is 10.6 Å². The molecule has 0 saturated carbocycles. The van der Waals surface area contributed by atoms with Crippen LogP contribution in [-0.2, 0) is 6.54 Å².